The summed E-state index contributed by atoms with van der Waals surface area (Å²) in [6.07, 6.45) is 7.34. The third-order valence-corrected chi connectivity index (χ3v) is 14.6. The molecule has 2 atom stereocenters. The largest absolute Gasteiger partial charge is 0.748 e. The number of nitrogens with zero attached hydrogens (tertiary/aromatic N) is 3. The van der Waals surface area contributed by atoms with E-state index in [9.17, 15) is 53.3 Å². The van der Waals surface area contributed by atoms with Gasteiger partial charge in [0.15, 0.2) is 12.3 Å². The van der Waals surface area contributed by atoms with Gasteiger partial charge in [-0.1, -0.05) is 17.7 Å². The molecule has 1 fully saturated rings. The molecule has 2 aromatic carbocycles. The molecule has 5 rings (SSSR count). The van der Waals surface area contributed by atoms with Gasteiger partial charge in [0.05, 0.1) is 51.8 Å². The number of methoxy groups -OCH3 is 2. The molecule has 2 aromatic rings. The normalized spacial score (nSPS) is 20.6. The van der Waals surface area contributed by atoms with Crippen LogP contribution in [0.2, 0.25) is 0 Å². The van der Waals surface area contributed by atoms with Crippen molar-refractivity contribution in [1.29, 1.82) is 0 Å². The van der Waals surface area contributed by atoms with E-state index in [-0.39, 0.29) is 71.4 Å². The fraction of sp³-hybridized carbons (Fsp3) is 0.511. The van der Waals surface area contributed by atoms with Crippen molar-refractivity contribution < 1.29 is 81.7 Å². The first-order valence-electron chi connectivity index (χ1n) is 21.8. The van der Waals surface area contributed by atoms with Crippen molar-refractivity contribution in [3.8, 4) is 0 Å². The van der Waals surface area contributed by atoms with Gasteiger partial charge in [0.2, 0.25) is 5.69 Å². The van der Waals surface area contributed by atoms with Crippen molar-refractivity contribution in [2.45, 2.75) is 86.3 Å². The second-order valence-electron chi connectivity index (χ2n) is 16.9. The Morgan fingerprint density at radius 1 is 0.779 bits per heavy atom. The van der Waals surface area contributed by atoms with Crippen LogP contribution in [-0.4, -0.2) is 145 Å². The zero-order chi connectivity index (χ0) is 50.1. The lowest BCUT2D eigenvalue weighted by Crippen LogP contribution is -2.33. The van der Waals surface area contributed by atoms with Gasteiger partial charge in [0.1, 0.15) is 26.8 Å². The van der Waals surface area contributed by atoms with Crippen LogP contribution in [0, 0.1) is 0 Å². The van der Waals surface area contributed by atoms with Crippen molar-refractivity contribution in [1.82, 2.24) is 5.06 Å². The van der Waals surface area contributed by atoms with E-state index in [0.717, 1.165) is 0 Å². The van der Waals surface area contributed by atoms with Gasteiger partial charge in [-0.3, -0.25) is 9.59 Å². The number of carbonyl (C=O) groups excluding carboxylic acids is 3. The maximum Gasteiger partial charge on any atom is 0.333 e. The van der Waals surface area contributed by atoms with E-state index in [1.165, 1.54) is 43.5 Å². The summed E-state index contributed by atoms with van der Waals surface area (Å²) in [5.74, 6) is -2.73. The molecule has 0 radical (unpaired) electrons. The number of hydrogen-bond donors (Lipinski definition) is 0. The molecule has 1 saturated heterocycles. The Bertz CT molecular complexity index is 2680. The summed E-state index contributed by atoms with van der Waals surface area (Å²) in [5.41, 5.74) is 1.90. The lowest BCUT2D eigenvalue weighted by Gasteiger charge is -2.30. The van der Waals surface area contributed by atoms with Crippen LogP contribution in [0.3, 0.4) is 0 Å². The number of fused-ring (bicyclic) bond motifs is 2. The van der Waals surface area contributed by atoms with Crippen LogP contribution in [0.15, 0.2) is 81.8 Å². The Balaban J connectivity index is 1.55. The summed E-state index contributed by atoms with van der Waals surface area (Å²) in [5, 5.41) is 0.471. The SMILES string of the molecule is COCCOCCOCC[N+]1=C(/C=C/C(C)=C/C=C2/N(CCCC(=O)ON3C(=O)CCC3=O)c3ccc(S(=O)(=O)[O-])cc3C2(C)CCOC)C(C)(CCCS(=O)(=O)[O-])c2cc(S(=O)(=O)[O-])ccc21. The monoisotopic (exact) mass is 1010 g/mol. The quantitative estimate of drug-likeness (QED) is 0.0429. The number of imide groups is 1. The number of benzene rings is 2. The first-order valence-corrected chi connectivity index (χ1v) is 26.2. The molecule has 0 aliphatic carbocycles. The Hall–Kier alpha value is -4.69. The molecular formula is C45H57N3O17S3-2. The molecule has 3 aliphatic heterocycles. The number of rotatable bonds is 26. The van der Waals surface area contributed by atoms with Gasteiger partial charge >= 0.3 is 5.97 Å². The first-order chi connectivity index (χ1) is 31.9. The maximum absolute atomic E-state index is 12.8. The summed E-state index contributed by atoms with van der Waals surface area (Å²) < 4.78 is 133. The number of anilines is 1. The van der Waals surface area contributed by atoms with Gasteiger partial charge in [0.25, 0.3) is 11.8 Å². The highest BCUT2D eigenvalue weighted by atomic mass is 32.2. The smallest absolute Gasteiger partial charge is 0.333 e. The predicted molar refractivity (Wildman–Crippen MR) is 242 cm³/mol. The molecule has 0 bridgehead atoms. The summed E-state index contributed by atoms with van der Waals surface area (Å²) in [6.45, 7) is 7.60. The lowest BCUT2D eigenvalue weighted by molar-refractivity contribution is -0.442. The Morgan fingerprint density at radius 2 is 1.38 bits per heavy atom. The first kappa shape index (κ1) is 54.3. The molecule has 0 N–H and O–H groups in total. The lowest BCUT2D eigenvalue weighted by atomic mass is 9.75. The third kappa shape index (κ3) is 13.3. The molecule has 3 heterocycles. The van der Waals surface area contributed by atoms with E-state index in [0.29, 0.717) is 70.8 Å². The summed E-state index contributed by atoms with van der Waals surface area (Å²) in [6, 6.07) is 8.04. The van der Waals surface area contributed by atoms with Crippen molar-refractivity contribution in [3.05, 3.63) is 83.1 Å². The molecule has 3 aliphatic rings. The molecule has 0 saturated carbocycles. The Morgan fingerprint density at radius 3 is 2.00 bits per heavy atom. The molecule has 374 valence electrons. The number of hydroxylamine groups is 2. The number of ether oxygens (including phenoxy) is 4. The van der Waals surface area contributed by atoms with Crippen LogP contribution < -0.4 is 4.90 Å². The average molecular weight is 1010 g/mol. The van der Waals surface area contributed by atoms with Gasteiger partial charge in [-0.05, 0) is 88.4 Å². The topological polar surface area (TPSA) is 278 Å². The standard InChI is InChI=1S/C45H59N3O17S3/c1-32(9-15-39-44(2,19-7-29-66(52,53)54)35-30-33(67(55,56)57)12-14-38(35)47(39)22-24-63-27-28-64-26-25-62-5)10-16-40-45(3,20-23-61-4)36-31-34(68(58,59)60)11-13-37(36)46(40)21-6-8-43(51)65-48-41(49)17-18-42(48)50/h9-16,30-31H,6-8,17-29H2,1-5H3,(H2-,52,53,54,55,56,57,58,59,60)/p-2. The van der Waals surface area contributed by atoms with E-state index in [2.05, 4.69) is 0 Å². The number of allylic oxidation sites excluding steroid dienone is 6. The highest BCUT2D eigenvalue weighted by Crippen LogP contribution is 2.51. The van der Waals surface area contributed by atoms with E-state index in [1.807, 2.05) is 22.5 Å². The highest BCUT2D eigenvalue weighted by Gasteiger charge is 2.48. The second kappa shape index (κ2) is 22.8. The molecule has 0 aromatic heterocycles. The highest BCUT2D eigenvalue weighted by molar-refractivity contribution is 7.86. The van der Waals surface area contributed by atoms with E-state index >= 15 is 0 Å². The third-order valence-electron chi connectivity index (χ3n) is 12.1. The number of hydrogen-bond acceptors (Lipinski definition) is 18. The van der Waals surface area contributed by atoms with E-state index < -0.39 is 74.5 Å². The number of carbonyl (C=O) groups is 3. The van der Waals surface area contributed by atoms with E-state index in [4.69, 9.17) is 23.8 Å². The molecule has 68 heavy (non-hydrogen) atoms. The maximum atomic E-state index is 12.8. The summed E-state index contributed by atoms with van der Waals surface area (Å²) in [7, 11) is -11.3. The minimum atomic E-state index is -4.91. The van der Waals surface area contributed by atoms with Gasteiger partial charge in [-0.15, -0.1) is 5.06 Å². The summed E-state index contributed by atoms with van der Waals surface area (Å²) >= 11 is 0. The van der Waals surface area contributed by atoms with Gasteiger partial charge < -0.3 is 42.3 Å². The Kier molecular flexibility index (Phi) is 18.2. The molecular weight excluding hydrogens is 951 g/mol. The molecule has 2 amide bonds. The Labute approximate surface area is 397 Å². The van der Waals surface area contributed by atoms with Crippen molar-refractivity contribution in [2.75, 3.05) is 77.6 Å². The van der Waals surface area contributed by atoms with Gasteiger partial charge in [0, 0.05) is 86.9 Å². The molecule has 0 spiro atoms. The van der Waals surface area contributed by atoms with Crippen LogP contribution >= 0.6 is 0 Å². The zero-order valence-corrected chi connectivity index (χ0v) is 41.0. The van der Waals surface area contributed by atoms with Crippen LogP contribution in [0.1, 0.15) is 76.8 Å². The predicted octanol–water partition coefficient (Wildman–Crippen LogP) is 3.44. The van der Waals surface area contributed by atoms with Crippen LogP contribution in [0.4, 0.5) is 11.4 Å². The van der Waals surface area contributed by atoms with Crippen molar-refractivity contribution in [3.63, 3.8) is 0 Å². The van der Waals surface area contributed by atoms with Gasteiger partial charge in [-0.2, -0.15) is 4.58 Å². The summed E-state index contributed by atoms with van der Waals surface area (Å²) in [4.78, 5) is 42.9. The molecule has 2 unspecified atom stereocenters. The van der Waals surface area contributed by atoms with E-state index in [1.54, 1.807) is 39.2 Å². The van der Waals surface area contributed by atoms with Crippen LogP contribution in [-0.2, 0) is 79.4 Å². The van der Waals surface area contributed by atoms with Crippen molar-refractivity contribution in [2.24, 2.45) is 0 Å². The second-order valence-corrected chi connectivity index (χ2v) is 21.2. The minimum Gasteiger partial charge on any atom is -0.748 e. The fourth-order valence-electron chi connectivity index (χ4n) is 8.57. The zero-order valence-electron chi connectivity index (χ0n) is 38.6. The molecule has 23 heteroatoms. The number of amides is 2. The molecule has 20 nitrogen and oxygen atoms in total. The van der Waals surface area contributed by atoms with Crippen LogP contribution in [0.5, 0.6) is 0 Å². The minimum absolute atomic E-state index is 0.0646. The fourth-order valence-corrected chi connectivity index (χ4v) is 10.1. The average Bonchev–Trinajstić information content (AvgIpc) is 3.79. The van der Waals surface area contributed by atoms with Crippen LogP contribution in [0.25, 0.3) is 0 Å². The van der Waals surface area contributed by atoms with Crippen molar-refractivity contribution >= 4 is 65.2 Å². The van der Waals surface area contributed by atoms with Gasteiger partial charge in [-0.25, -0.2) is 30.0 Å².